The van der Waals surface area contributed by atoms with Crippen molar-refractivity contribution in [3.63, 3.8) is 0 Å². The number of ether oxygens (including phenoxy) is 1. The van der Waals surface area contributed by atoms with Gasteiger partial charge in [0.25, 0.3) is 0 Å². The van der Waals surface area contributed by atoms with E-state index in [1.807, 2.05) is 0 Å². The normalized spacial score (nSPS) is 36.0. The summed E-state index contributed by atoms with van der Waals surface area (Å²) in [5.74, 6) is 1.04. The second kappa shape index (κ2) is 7.84. The third kappa shape index (κ3) is 4.11. The lowest BCUT2D eigenvalue weighted by Gasteiger charge is -2.45. The monoisotopic (exact) mass is 326 g/mol. The van der Waals surface area contributed by atoms with Crippen LogP contribution in [0.4, 0.5) is 0 Å². The zero-order valence-electron chi connectivity index (χ0n) is 15.7. The molecule has 0 aromatic carbocycles. The summed E-state index contributed by atoms with van der Waals surface area (Å²) in [6, 6.07) is 0. The van der Waals surface area contributed by atoms with Gasteiger partial charge in [-0.1, -0.05) is 27.2 Å². The summed E-state index contributed by atoms with van der Waals surface area (Å²) >= 11 is 0. The molecule has 23 heavy (non-hydrogen) atoms. The van der Waals surface area contributed by atoms with Crippen LogP contribution in [0.25, 0.3) is 0 Å². The first-order valence-corrected chi connectivity index (χ1v) is 9.88. The number of hydrogen-bond donors (Lipinski definition) is 2. The van der Waals surface area contributed by atoms with Gasteiger partial charge in [-0.3, -0.25) is 0 Å². The van der Waals surface area contributed by atoms with Gasteiger partial charge in [-0.2, -0.15) is 0 Å². The van der Waals surface area contributed by atoms with Crippen molar-refractivity contribution in [2.45, 2.75) is 103 Å². The number of aliphatic hydroxyl groups is 2. The molecule has 5 atom stereocenters. The Morgan fingerprint density at radius 1 is 1.22 bits per heavy atom. The summed E-state index contributed by atoms with van der Waals surface area (Å²) < 4.78 is 6.17. The van der Waals surface area contributed by atoms with Gasteiger partial charge in [0.2, 0.25) is 0 Å². The molecule has 2 rings (SSSR count). The van der Waals surface area contributed by atoms with Gasteiger partial charge in [0.15, 0.2) is 0 Å². The molecular weight excluding hydrogens is 288 g/mol. The smallest absolute Gasteiger partial charge is 0.0643 e. The van der Waals surface area contributed by atoms with Crippen LogP contribution in [0.3, 0.4) is 0 Å². The van der Waals surface area contributed by atoms with Gasteiger partial charge in [0.1, 0.15) is 0 Å². The number of hydrogen-bond acceptors (Lipinski definition) is 3. The van der Waals surface area contributed by atoms with Crippen LogP contribution >= 0.6 is 0 Å². The summed E-state index contributed by atoms with van der Waals surface area (Å²) in [7, 11) is 0. The van der Waals surface area contributed by atoms with Gasteiger partial charge in [-0.05, 0) is 75.5 Å². The lowest BCUT2D eigenvalue weighted by Crippen LogP contribution is -2.43. The lowest BCUT2D eigenvalue weighted by atomic mass is 9.63. The Morgan fingerprint density at radius 3 is 2.57 bits per heavy atom. The zero-order valence-corrected chi connectivity index (χ0v) is 15.7. The van der Waals surface area contributed by atoms with E-state index >= 15 is 0 Å². The fourth-order valence-corrected chi connectivity index (χ4v) is 5.35. The van der Waals surface area contributed by atoms with Crippen LogP contribution in [0, 0.1) is 17.3 Å². The quantitative estimate of drug-likeness (QED) is 0.654. The third-order valence-corrected chi connectivity index (χ3v) is 7.21. The highest BCUT2D eigenvalue weighted by molar-refractivity contribution is 5.02. The van der Waals surface area contributed by atoms with Crippen molar-refractivity contribution in [1.82, 2.24) is 0 Å². The van der Waals surface area contributed by atoms with Crippen LogP contribution in [-0.2, 0) is 4.74 Å². The fourth-order valence-electron chi connectivity index (χ4n) is 5.35. The summed E-state index contributed by atoms with van der Waals surface area (Å²) in [6.45, 7) is 9.45. The fraction of sp³-hybridized carbons (Fsp3) is 1.00. The van der Waals surface area contributed by atoms with Crippen LogP contribution in [0.5, 0.6) is 0 Å². The maximum absolute atomic E-state index is 10.3. The molecule has 0 spiro atoms. The van der Waals surface area contributed by atoms with E-state index in [4.69, 9.17) is 4.74 Å². The molecule has 0 radical (unpaired) electrons. The van der Waals surface area contributed by atoms with E-state index in [2.05, 4.69) is 27.7 Å². The van der Waals surface area contributed by atoms with Crippen molar-refractivity contribution in [2.75, 3.05) is 6.61 Å². The van der Waals surface area contributed by atoms with E-state index in [-0.39, 0.29) is 17.6 Å². The van der Waals surface area contributed by atoms with Crippen LogP contribution in [0.15, 0.2) is 0 Å². The first kappa shape index (κ1) is 19.2. The average Bonchev–Trinajstić information content (AvgIpc) is 2.89. The molecule has 0 aromatic heterocycles. The maximum atomic E-state index is 10.3. The predicted octanol–water partition coefficient (Wildman–Crippen LogP) is 4.30. The lowest BCUT2D eigenvalue weighted by molar-refractivity contribution is -0.0679. The number of aliphatic hydroxyl groups excluding tert-OH is 1. The molecule has 3 heteroatoms. The molecule has 2 fully saturated rings. The van der Waals surface area contributed by atoms with Crippen molar-refractivity contribution in [1.29, 1.82) is 0 Å². The van der Waals surface area contributed by atoms with Crippen LogP contribution in [-0.4, -0.2) is 34.6 Å². The van der Waals surface area contributed by atoms with E-state index in [9.17, 15) is 10.2 Å². The maximum Gasteiger partial charge on any atom is 0.0643 e. The van der Waals surface area contributed by atoms with Gasteiger partial charge in [-0.15, -0.1) is 0 Å². The topological polar surface area (TPSA) is 49.7 Å². The molecule has 0 aromatic rings. The van der Waals surface area contributed by atoms with Gasteiger partial charge in [-0.25, -0.2) is 0 Å². The predicted molar refractivity (Wildman–Crippen MR) is 94.4 cm³/mol. The van der Waals surface area contributed by atoms with Crippen molar-refractivity contribution in [3.05, 3.63) is 0 Å². The van der Waals surface area contributed by atoms with E-state index < -0.39 is 5.60 Å². The van der Waals surface area contributed by atoms with Crippen molar-refractivity contribution >= 4 is 0 Å². The Labute approximate surface area is 142 Å². The molecule has 136 valence electrons. The molecule has 2 N–H and O–H groups in total. The van der Waals surface area contributed by atoms with E-state index in [0.717, 1.165) is 51.6 Å². The number of rotatable bonds is 8. The second-order valence-corrected chi connectivity index (χ2v) is 8.37. The van der Waals surface area contributed by atoms with Gasteiger partial charge < -0.3 is 14.9 Å². The highest BCUT2D eigenvalue weighted by Crippen LogP contribution is 2.56. The molecule has 2 aliphatic carbocycles. The Morgan fingerprint density at radius 2 is 1.91 bits per heavy atom. The largest absolute Gasteiger partial charge is 0.393 e. The van der Waals surface area contributed by atoms with Crippen LogP contribution < -0.4 is 0 Å². The molecule has 0 bridgehead atoms. The summed E-state index contributed by atoms with van der Waals surface area (Å²) in [4.78, 5) is 0. The molecule has 0 aliphatic heterocycles. The van der Waals surface area contributed by atoms with E-state index in [1.54, 1.807) is 0 Å². The molecule has 2 aliphatic rings. The molecule has 2 unspecified atom stereocenters. The minimum absolute atomic E-state index is 0.102. The van der Waals surface area contributed by atoms with E-state index in [1.165, 1.54) is 12.8 Å². The molecule has 0 heterocycles. The Bertz CT molecular complexity index is 366. The average molecular weight is 327 g/mol. The first-order valence-electron chi connectivity index (χ1n) is 9.88. The second-order valence-electron chi connectivity index (χ2n) is 8.37. The van der Waals surface area contributed by atoms with Gasteiger partial charge in [0.05, 0.1) is 17.8 Å². The van der Waals surface area contributed by atoms with Crippen LogP contribution in [0.1, 0.15) is 85.5 Å². The van der Waals surface area contributed by atoms with E-state index in [0.29, 0.717) is 11.8 Å². The first-order chi connectivity index (χ1) is 10.9. The minimum atomic E-state index is -0.509. The molecule has 2 saturated carbocycles. The number of fused-ring (bicyclic) bond motifs is 1. The Kier molecular flexibility index (Phi) is 6.55. The molecular formula is C20H38O3. The van der Waals surface area contributed by atoms with Crippen LogP contribution in [0.2, 0.25) is 0 Å². The van der Waals surface area contributed by atoms with Crippen molar-refractivity contribution in [3.8, 4) is 0 Å². The van der Waals surface area contributed by atoms with Gasteiger partial charge in [0, 0.05) is 6.61 Å². The Hall–Kier alpha value is -0.120. The van der Waals surface area contributed by atoms with Crippen molar-refractivity contribution in [2.24, 2.45) is 17.3 Å². The SMILES string of the molecule is CCC(O)(CC)CCCO[C@H](C)C1CCC2[C@@H](O)CCC[C@@]21C. The summed E-state index contributed by atoms with van der Waals surface area (Å²) in [5.41, 5.74) is -0.255. The highest BCUT2D eigenvalue weighted by atomic mass is 16.5. The van der Waals surface area contributed by atoms with Crippen molar-refractivity contribution < 1.29 is 14.9 Å². The molecule has 0 amide bonds. The summed E-state index contributed by atoms with van der Waals surface area (Å²) in [5, 5.41) is 20.7. The highest BCUT2D eigenvalue weighted by Gasteiger charge is 2.52. The minimum Gasteiger partial charge on any atom is -0.393 e. The zero-order chi connectivity index (χ0) is 17.1. The summed E-state index contributed by atoms with van der Waals surface area (Å²) in [6.07, 6.45) is 9.26. The standard InChI is InChI=1S/C20H38O3/c1-5-20(22,6-2)13-8-14-23-15(3)16-10-11-17-18(21)9-7-12-19(16,17)4/h15-18,21-22H,5-14H2,1-4H3/t15-,16?,17?,18+,19-/m1/s1. The molecule has 3 nitrogen and oxygen atoms in total. The third-order valence-electron chi connectivity index (χ3n) is 7.21. The molecule has 0 saturated heterocycles. The Balaban J connectivity index is 1.81. The van der Waals surface area contributed by atoms with Gasteiger partial charge >= 0.3 is 0 Å².